The smallest absolute Gasteiger partial charge is 0.252 e. The predicted molar refractivity (Wildman–Crippen MR) is 139 cm³/mol. The molecule has 8 heteroatoms. The van der Waals surface area contributed by atoms with Crippen LogP contribution in [-0.2, 0) is 19.5 Å². The standard InChI is InChI=1S/C28H30N6O2/c1-3-26(27-30-31-32-34(27)19-24-10-7-15-36-24)33(14-13-21-8-5-4-6-9-21)18-23-17-22-16-20(2)11-12-25(22)29-28(23)35/h4-12,15-17,26H,3,13-14,18-19H2,1-2H3,(H,29,35)/t26-/m1/s1. The number of H-pyrrole nitrogens is 1. The van der Waals surface area contributed by atoms with E-state index in [2.05, 4.69) is 69.6 Å². The minimum atomic E-state index is -0.0775. The first-order valence-electron chi connectivity index (χ1n) is 12.3. The summed E-state index contributed by atoms with van der Waals surface area (Å²) in [5, 5.41) is 13.6. The van der Waals surface area contributed by atoms with Gasteiger partial charge in [0.2, 0.25) is 0 Å². The molecule has 0 spiro atoms. The Labute approximate surface area is 209 Å². The van der Waals surface area contributed by atoms with Gasteiger partial charge in [0.25, 0.3) is 5.56 Å². The van der Waals surface area contributed by atoms with Gasteiger partial charge < -0.3 is 9.40 Å². The number of aromatic amines is 1. The van der Waals surface area contributed by atoms with E-state index in [1.54, 1.807) is 10.9 Å². The molecule has 5 aromatic rings. The van der Waals surface area contributed by atoms with E-state index in [1.165, 1.54) is 5.56 Å². The maximum Gasteiger partial charge on any atom is 0.252 e. The molecule has 0 bridgehead atoms. The molecule has 36 heavy (non-hydrogen) atoms. The number of tetrazole rings is 1. The fourth-order valence-corrected chi connectivity index (χ4v) is 4.69. The van der Waals surface area contributed by atoms with E-state index in [-0.39, 0.29) is 11.6 Å². The SMILES string of the molecule is CC[C@H](c1nnnn1Cc1ccco1)N(CCc1ccccc1)Cc1cc2cc(C)ccc2[nH]c1=O. The lowest BCUT2D eigenvalue weighted by atomic mass is 10.1. The van der Waals surface area contributed by atoms with Crippen LogP contribution < -0.4 is 5.56 Å². The van der Waals surface area contributed by atoms with Crippen molar-refractivity contribution in [3.05, 3.63) is 112 Å². The molecule has 8 nitrogen and oxygen atoms in total. The summed E-state index contributed by atoms with van der Waals surface area (Å²) in [7, 11) is 0. The molecule has 0 aliphatic heterocycles. The average Bonchev–Trinajstić information content (AvgIpc) is 3.57. The van der Waals surface area contributed by atoms with Gasteiger partial charge in [0.05, 0.1) is 12.3 Å². The summed E-state index contributed by atoms with van der Waals surface area (Å²) in [6, 6.07) is 22.2. The maximum atomic E-state index is 13.1. The van der Waals surface area contributed by atoms with Crippen LogP contribution in [0.3, 0.4) is 0 Å². The topological polar surface area (TPSA) is 92.8 Å². The predicted octanol–water partition coefficient (Wildman–Crippen LogP) is 4.66. The van der Waals surface area contributed by atoms with E-state index in [4.69, 9.17) is 4.42 Å². The van der Waals surface area contributed by atoms with E-state index in [9.17, 15) is 4.79 Å². The number of nitrogens with one attached hydrogen (secondary N) is 1. The van der Waals surface area contributed by atoms with E-state index in [1.807, 2.05) is 36.4 Å². The monoisotopic (exact) mass is 482 g/mol. The lowest BCUT2D eigenvalue weighted by Crippen LogP contribution is -2.34. The number of furan rings is 1. The lowest BCUT2D eigenvalue weighted by molar-refractivity contribution is 0.172. The molecule has 0 fully saturated rings. The second-order valence-electron chi connectivity index (χ2n) is 9.12. The highest BCUT2D eigenvalue weighted by Gasteiger charge is 2.26. The first kappa shape index (κ1) is 23.7. The van der Waals surface area contributed by atoms with Gasteiger partial charge in [0, 0.05) is 24.2 Å². The number of pyridine rings is 1. The molecule has 1 atom stereocenters. The van der Waals surface area contributed by atoms with Gasteiger partial charge in [-0.2, -0.15) is 0 Å². The highest BCUT2D eigenvalue weighted by atomic mass is 16.3. The number of hydrogen-bond donors (Lipinski definition) is 1. The van der Waals surface area contributed by atoms with Crippen molar-refractivity contribution in [3.63, 3.8) is 0 Å². The van der Waals surface area contributed by atoms with Crippen molar-refractivity contribution in [2.45, 2.75) is 45.8 Å². The molecular weight excluding hydrogens is 452 g/mol. The zero-order chi connectivity index (χ0) is 24.9. The molecule has 0 aliphatic carbocycles. The molecule has 0 saturated heterocycles. The number of aromatic nitrogens is 5. The van der Waals surface area contributed by atoms with Crippen LogP contribution in [0.2, 0.25) is 0 Å². The Kier molecular flexibility index (Phi) is 7.04. The van der Waals surface area contributed by atoms with Crippen LogP contribution in [0.25, 0.3) is 10.9 Å². The van der Waals surface area contributed by atoms with Gasteiger partial charge in [0.1, 0.15) is 12.3 Å². The molecule has 184 valence electrons. The van der Waals surface area contributed by atoms with Crippen LogP contribution in [0.4, 0.5) is 0 Å². The minimum absolute atomic E-state index is 0.0684. The summed E-state index contributed by atoms with van der Waals surface area (Å²) < 4.78 is 7.32. The van der Waals surface area contributed by atoms with Crippen LogP contribution in [0.15, 0.2) is 82.2 Å². The third-order valence-corrected chi connectivity index (χ3v) is 6.55. The molecule has 3 aromatic heterocycles. The van der Waals surface area contributed by atoms with Crippen LogP contribution in [0, 0.1) is 6.92 Å². The normalized spacial score (nSPS) is 12.4. The first-order valence-corrected chi connectivity index (χ1v) is 12.3. The number of fused-ring (bicyclic) bond motifs is 1. The summed E-state index contributed by atoms with van der Waals surface area (Å²) in [5.74, 6) is 1.55. The molecular formula is C28H30N6O2. The Morgan fingerprint density at radius 1 is 1.08 bits per heavy atom. The summed E-state index contributed by atoms with van der Waals surface area (Å²) >= 11 is 0. The van der Waals surface area contributed by atoms with Crippen molar-refractivity contribution < 1.29 is 4.42 Å². The molecule has 2 aromatic carbocycles. The molecule has 0 saturated carbocycles. The van der Waals surface area contributed by atoms with Crippen LogP contribution in [0.1, 0.15) is 47.7 Å². The van der Waals surface area contributed by atoms with Crippen molar-refractivity contribution in [2.24, 2.45) is 0 Å². The Bertz CT molecular complexity index is 1470. The summed E-state index contributed by atoms with van der Waals surface area (Å²) in [5.41, 5.74) is 3.91. The Balaban J connectivity index is 1.48. The van der Waals surface area contributed by atoms with Crippen LogP contribution in [0.5, 0.6) is 0 Å². The minimum Gasteiger partial charge on any atom is -0.467 e. The average molecular weight is 483 g/mol. The van der Waals surface area contributed by atoms with Gasteiger partial charge in [0.15, 0.2) is 5.82 Å². The van der Waals surface area contributed by atoms with Gasteiger partial charge in [-0.25, -0.2) is 4.68 Å². The molecule has 5 rings (SSSR count). The zero-order valence-corrected chi connectivity index (χ0v) is 20.6. The van der Waals surface area contributed by atoms with Crippen molar-refractivity contribution >= 4 is 10.9 Å². The fourth-order valence-electron chi connectivity index (χ4n) is 4.69. The van der Waals surface area contributed by atoms with Crippen molar-refractivity contribution in [2.75, 3.05) is 6.54 Å². The van der Waals surface area contributed by atoms with E-state index < -0.39 is 0 Å². The van der Waals surface area contributed by atoms with Crippen molar-refractivity contribution in [1.82, 2.24) is 30.1 Å². The molecule has 0 amide bonds. The Morgan fingerprint density at radius 2 is 1.94 bits per heavy atom. The van der Waals surface area contributed by atoms with Crippen molar-refractivity contribution in [3.8, 4) is 0 Å². The molecule has 0 aliphatic rings. The summed E-state index contributed by atoms with van der Waals surface area (Å²) in [6.07, 6.45) is 3.29. The number of hydrogen-bond acceptors (Lipinski definition) is 6. The third-order valence-electron chi connectivity index (χ3n) is 6.55. The van der Waals surface area contributed by atoms with Gasteiger partial charge in [-0.05, 0) is 71.5 Å². The number of aryl methyl sites for hydroxylation is 1. The van der Waals surface area contributed by atoms with Crippen LogP contribution in [-0.4, -0.2) is 36.6 Å². The van der Waals surface area contributed by atoms with Gasteiger partial charge in [-0.15, -0.1) is 5.10 Å². The molecule has 1 N–H and O–H groups in total. The van der Waals surface area contributed by atoms with E-state index in [0.29, 0.717) is 13.1 Å². The summed E-state index contributed by atoms with van der Waals surface area (Å²) in [4.78, 5) is 18.4. The van der Waals surface area contributed by atoms with Gasteiger partial charge in [-0.1, -0.05) is 48.9 Å². The highest BCUT2D eigenvalue weighted by Crippen LogP contribution is 2.25. The number of rotatable bonds is 10. The van der Waals surface area contributed by atoms with Gasteiger partial charge >= 0.3 is 0 Å². The molecule has 0 radical (unpaired) electrons. The lowest BCUT2D eigenvalue weighted by Gasteiger charge is -2.30. The highest BCUT2D eigenvalue weighted by molar-refractivity contribution is 5.79. The number of nitrogens with zero attached hydrogens (tertiary/aromatic N) is 5. The van der Waals surface area contributed by atoms with Crippen LogP contribution >= 0.6 is 0 Å². The largest absolute Gasteiger partial charge is 0.467 e. The Hall–Kier alpha value is -4.04. The second-order valence-corrected chi connectivity index (χ2v) is 9.12. The quantitative estimate of drug-likeness (QED) is 0.311. The molecule has 3 heterocycles. The maximum absolute atomic E-state index is 13.1. The molecule has 0 unspecified atom stereocenters. The summed E-state index contributed by atoms with van der Waals surface area (Å²) in [6.45, 7) is 5.87. The zero-order valence-electron chi connectivity index (χ0n) is 20.6. The third kappa shape index (κ3) is 5.28. The number of benzene rings is 2. The van der Waals surface area contributed by atoms with E-state index in [0.717, 1.165) is 53.0 Å². The first-order chi connectivity index (χ1) is 17.6. The fraction of sp³-hybridized carbons (Fsp3) is 0.286. The van der Waals surface area contributed by atoms with Gasteiger partial charge in [-0.3, -0.25) is 9.69 Å². The van der Waals surface area contributed by atoms with E-state index >= 15 is 0 Å². The second kappa shape index (κ2) is 10.7. The van der Waals surface area contributed by atoms with Crippen molar-refractivity contribution in [1.29, 1.82) is 0 Å². The Morgan fingerprint density at radius 3 is 2.72 bits per heavy atom.